The second-order valence-electron chi connectivity index (χ2n) is 7.19. The number of hydrogen-bond donors (Lipinski definition) is 2. The lowest BCUT2D eigenvalue weighted by atomic mass is 9.85. The van der Waals surface area contributed by atoms with Crippen molar-refractivity contribution in [2.24, 2.45) is 5.92 Å². The maximum Gasteiger partial charge on any atom is 0.225 e. The van der Waals surface area contributed by atoms with Crippen LogP contribution in [0.15, 0.2) is 18.2 Å². The Morgan fingerprint density at radius 3 is 2.70 bits per heavy atom. The summed E-state index contributed by atoms with van der Waals surface area (Å²) in [7, 11) is 0. The SMILES string of the molecule is CC(=O)N1CCCC(C(=O)NC2CNCCC2c2ccc(F)c(F)c2)C1.Cl. The average molecular weight is 402 g/mol. The van der Waals surface area contributed by atoms with Gasteiger partial charge in [0.15, 0.2) is 11.6 Å². The Morgan fingerprint density at radius 1 is 1.22 bits per heavy atom. The van der Waals surface area contributed by atoms with Crippen LogP contribution in [0.2, 0.25) is 0 Å². The average Bonchev–Trinajstić information content (AvgIpc) is 2.64. The minimum atomic E-state index is -0.866. The zero-order valence-electron chi connectivity index (χ0n) is 15.3. The fourth-order valence-electron chi connectivity index (χ4n) is 3.93. The third kappa shape index (κ3) is 5.17. The van der Waals surface area contributed by atoms with Gasteiger partial charge in [-0.1, -0.05) is 6.07 Å². The molecule has 2 N–H and O–H groups in total. The minimum absolute atomic E-state index is 0. The van der Waals surface area contributed by atoms with Crippen LogP contribution in [0.4, 0.5) is 8.78 Å². The van der Waals surface area contributed by atoms with Gasteiger partial charge in [-0.25, -0.2) is 8.78 Å². The molecule has 150 valence electrons. The number of hydrogen-bond acceptors (Lipinski definition) is 3. The van der Waals surface area contributed by atoms with E-state index in [-0.39, 0.29) is 42.1 Å². The van der Waals surface area contributed by atoms with Crippen molar-refractivity contribution in [1.82, 2.24) is 15.5 Å². The van der Waals surface area contributed by atoms with Crippen LogP contribution in [0.3, 0.4) is 0 Å². The van der Waals surface area contributed by atoms with E-state index in [0.717, 1.165) is 31.9 Å². The number of rotatable bonds is 3. The van der Waals surface area contributed by atoms with Crippen molar-refractivity contribution in [3.05, 3.63) is 35.4 Å². The van der Waals surface area contributed by atoms with Gasteiger partial charge in [0, 0.05) is 38.5 Å². The highest BCUT2D eigenvalue weighted by Gasteiger charge is 2.32. The molecule has 2 heterocycles. The van der Waals surface area contributed by atoms with E-state index in [1.54, 1.807) is 11.0 Å². The molecule has 0 saturated carbocycles. The topological polar surface area (TPSA) is 61.4 Å². The number of likely N-dealkylation sites (tertiary alicyclic amines) is 1. The summed E-state index contributed by atoms with van der Waals surface area (Å²) in [6.45, 7) is 4.00. The van der Waals surface area contributed by atoms with E-state index in [9.17, 15) is 18.4 Å². The smallest absolute Gasteiger partial charge is 0.225 e. The number of benzene rings is 1. The molecule has 3 unspecified atom stereocenters. The fraction of sp³-hybridized carbons (Fsp3) is 0.579. The number of nitrogens with zero attached hydrogens (tertiary/aromatic N) is 1. The Bertz CT molecular complexity index is 689. The molecule has 1 aromatic carbocycles. The lowest BCUT2D eigenvalue weighted by Crippen LogP contribution is -2.53. The van der Waals surface area contributed by atoms with E-state index >= 15 is 0 Å². The van der Waals surface area contributed by atoms with Crippen LogP contribution in [-0.4, -0.2) is 48.9 Å². The summed E-state index contributed by atoms with van der Waals surface area (Å²) >= 11 is 0. The molecule has 27 heavy (non-hydrogen) atoms. The van der Waals surface area contributed by atoms with Crippen molar-refractivity contribution >= 4 is 24.2 Å². The molecule has 2 aliphatic rings. The molecular formula is C19H26ClF2N3O2. The number of amides is 2. The van der Waals surface area contributed by atoms with E-state index < -0.39 is 11.6 Å². The molecule has 0 aliphatic carbocycles. The first-order valence-corrected chi connectivity index (χ1v) is 9.17. The Hall–Kier alpha value is -1.73. The monoisotopic (exact) mass is 401 g/mol. The fourth-order valence-corrected chi connectivity index (χ4v) is 3.93. The van der Waals surface area contributed by atoms with Crippen molar-refractivity contribution in [2.75, 3.05) is 26.2 Å². The zero-order chi connectivity index (χ0) is 18.7. The number of nitrogens with one attached hydrogen (secondary N) is 2. The first-order valence-electron chi connectivity index (χ1n) is 9.17. The van der Waals surface area contributed by atoms with E-state index in [1.165, 1.54) is 13.0 Å². The first kappa shape index (κ1) is 21.6. The Labute approximate surface area is 164 Å². The van der Waals surface area contributed by atoms with E-state index in [0.29, 0.717) is 25.2 Å². The maximum absolute atomic E-state index is 13.6. The predicted octanol–water partition coefficient (Wildman–Crippen LogP) is 2.21. The van der Waals surface area contributed by atoms with Crippen molar-refractivity contribution < 1.29 is 18.4 Å². The summed E-state index contributed by atoms with van der Waals surface area (Å²) < 4.78 is 26.8. The van der Waals surface area contributed by atoms with Crippen molar-refractivity contribution in [2.45, 2.75) is 38.1 Å². The Kier molecular flexibility index (Phi) is 7.56. The molecule has 1 aromatic rings. The standard InChI is InChI=1S/C19H25F2N3O2.ClH/c1-12(25)24-8-2-3-14(11-24)19(26)23-18-10-22-7-6-15(18)13-4-5-16(20)17(21)9-13;/h4-5,9,14-15,18,22H,2-3,6-8,10-11H2,1H3,(H,23,26);1H. The van der Waals surface area contributed by atoms with Gasteiger partial charge in [-0.05, 0) is 43.5 Å². The third-order valence-corrected chi connectivity index (χ3v) is 5.42. The molecule has 2 saturated heterocycles. The molecule has 0 radical (unpaired) electrons. The van der Waals surface area contributed by atoms with Crippen LogP contribution < -0.4 is 10.6 Å². The summed E-state index contributed by atoms with van der Waals surface area (Å²) in [5.41, 5.74) is 0.699. The van der Waals surface area contributed by atoms with Gasteiger partial charge in [0.1, 0.15) is 0 Å². The summed E-state index contributed by atoms with van der Waals surface area (Å²) in [6.07, 6.45) is 2.30. The molecule has 0 aromatic heterocycles. The Morgan fingerprint density at radius 2 is 2.00 bits per heavy atom. The van der Waals surface area contributed by atoms with Crippen molar-refractivity contribution in [3.8, 4) is 0 Å². The maximum atomic E-state index is 13.6. The molecule has 0 spiro atoms. The number of carbonyl (C=O) groups excluding carboxylic acids is 2. The molecule has 2 amide bonds. The van der Waals surface area contributed by atoms with Gasteiger partial charge < -0.3 is 15.5 Å². The molecule has 5 nitrogen and oxygen atoms in total. The highest BCUT2D eigenvalue weighted by Crippen LogP contribution is 2.27. The molecule has 0 bridgehead atoms. The van der Waals surface area contributed by atoms with E-state index in [1.807, 2.05) is 0 Å². The van der Waals surface area contributed by atoms with Gasteiger partial charge in [0.2, 0.25) is 11.8 Å². The number of piperidine rings is 2. The van der Waals surface area contributed by atoms with Crippen LogP contribution in [0.25, 0.3) is 0 Å². The van der Waals surface area contributed by atoms with Gasteiger partial charge >= 0.3 is 0 Å². The van der Waals surface area contributed by atoms with Crippen LogP contribution in [0.5, 0.6) is 0 Å². The molecule has 2 fully saturated rings. The van der Waals surface area contributed by atoms with Crippen molar-refractivity contribution in [1.29, 1.82) is 0 Å². The molecule has 2 aliphatic heterocycles. The minimum Gasteiger partial charge on any atom is -0.351 e. The molecule has 3 atom stereocenters. The van der Waals surface area contributed by atoms with Crippen LogP contribution in [-0.2, 0) is 9.59 Å². The zero-order valence-corrected chi connectivity index (χ0v) is 16.2. The first-order chi connectivity index (χ1) is 12.5. The Balaban J connectivity index is 0.00000261. The third-order valence-electron chi connectivity index (χ3n) is 5.42. The lowest BCUT2D eigenvalue weighted by molar-refractivity contribution is -0.134. The summed E-state index contributed by atoms with van der Waals surface area (Å²) in [5.74, 6) is -2.10. The lowest BCUT2D eigenvalue weighted by Gasteiger charge is -2.36. The van der Waals surface area contributed by atoms with Crippen LogP contribution >= 0.6 is 12.4 Å². The quantitative estimate of drug-likeness (QED) is 0.816. The van der Waals surface area contributed by atoms with E-state index in [2.05, 4.69) is 10.6 Å². The summed E-state index contributed by atoms with van der Waals surface area (Å²) in [4.78, 5) is 26.0. The van der Waals surface area contributed by atoms with Gasteiger partial charge in [0.25, 0.3) is 0 Å². The van der Waals surface area contributed by atoms with Gasteiger partial charge in [-0.2, -0.15) is 0 Å². The number of carbonyl (C=O) groups is 2. The van der Waals surface area contributed by atoms with E-state index in [4.69, 9.17) is 0 Å². The molecule has 8 heteroatoms. The van der Waals surface area contributed by atoms with Crippen molar-refractivity contribution in [3.63, 3.8) is 0 Å². The highest BCUT2D eigenvalue weighted by molar-refractivity contribution is 5.85. The molecular weight excluding hydrogens is 376 g/mol. The van der Waals surface area contributed by atoms with Crippen LogP contribution in [0, 0.1) is 17.6 Å². The molecule has 3 rings (SSSR count). The van der Waals surface area contributed by atoms with Gasteiger partial charge in [-0.15, -0.1) is 12.4 Å². The number of halogens is 3. The predicted molar refractivity (Wildman–Crippen MR) is 101 cm³/mol. The normalized spacial score (nSPS) is 25.4. The summed E-state index contributed by atoms with van der Waals surface area (Å²) in [6, 6.07) is 3.76. The largest absolute Gasteiger partial charge is 0.351 e. The second kappa shape index (κ2) is 9.46. The van der Waals surface area contributed by atoms with Gasteiger partial charge in [0.05, 0.1) is 5.92 Å². The second-order valence-corrected chi connectivity index (χ2v) is 7.19. The highest BCUT2D eigenvalue weighted by atomic mass is 35.5. The van der Waals surface area contributed by atoms with Gasteiger partial charge in [-0.3, -0.25) is 9.59 Å². The summed E-state index contributed by atoms with van der Waals surface area (Å²) in [5, 5.41) is 6.32. The van der Waals surface area contributed by atoms with Crippen LogP contribution in [0.1, 0.15) is 37.7 Å².